The summed E-state index contributed by atoms with van der Waals surface area (Å²) in [6.45, 7) is 2.04. The standard InChI is InChI=1S/C13H17N3O2/c1-15-7-3-8-16(10-11-4-2-9-18-11)13(17)12(15)5-6-14/h2,4,9,12H,3,5,7-8,10H2,1H3. The molecule has 0 saturated carbocycles. The van der Waals surface area contributed by atoms with Crippen molar-refractivity contribution < 1.29 is 9.21 Å². The van der Waals surface area contributed by atoms with E-state index in [1.54, 1.807) is 11.2 Å². The summed E-state index contributed by atoms with van der Waals surface area (Å²) in [5.41, 5.74) is 0. The highest BCUT2D eigenvalue weighted by Crippen LogP contribution is 2.15. The Morgan fingerprint density at radius 1 is 1.56 bits per heavy atom. The molecule has 1 fully saturated rings. The van der Waals surface area contributed by atoms with E-state index >= 15 is 0 Å². The lowest BCUT2D eigenvalue weighted by atomic mass is 10.1. The van der Waals surface area contributed by atoms with E-state index in [9.17, 15) is 4.79 Å². The predicted octanol–water partition coefficient (Wildman–Crippen LogP) is 1.23. The van der Waals surface area contributed by atoms with Gasteiger partial charge in [0.05, 0.1) is 25.3 Å². The number of rotatable bonds is 3. The van der Waals surface area contributed by atoms with E-state index in [0.717, 1.165) is 18.7 Å². The first kappa shape index (κ1) is 12.7. The molecule has 1 atom stereocenters. The summed E-state index contributed by atoms with van der Waals surface area (Å²) in [4.78, 5) is 16.1. The van der Waals surface area contributed by atoms with Crippen molar-refractivity contribution in [1.29, 1.82) is 5.26 Å². The molecule has 18 heavy (non-hydrogen) atoms. The van der Waals surface area contributed by atoms with Crippen LogP contribution in [-0.4, -0.2) is 41.9 Å². The fourth-order valence-corrected chi connectivity index (χ4v) is 2.25. The second-order valence-corrected chi connectivity index (χ2v) is 4.55. The maximum atomic E-state index is 12.4. The van der Waals surface area contributed by atoms with Crippen molar-refractivity contribution in [1.82, 2.24) is 9.80 Å². The Morgan fingerprint density at radius 2 is 2.39 bits per heavy atom. The van der Waals surface area contributed by atoms with E-state index < -0.39 is 0 Å². The summed E-state index contributed by atoms with van der Waals surface area (Å²) in [7, 11) is 1.90. The largest absolute Gasteiger partial charge is 0.467 e. The molecule has 2 heterocycles. The molecule has 0 N–H and O–H groups in total. The monoisotopic (exact) mass is 247 g/mol. The number of likely N-dealkylation sites (N-methyl/N-ethyl adjacent to an activating group) is 1. The molecule has 0 radical (unpaired) electrons. The van der Waals surface area contributed by atoms with Crippen molar-refractivity contribution >= 4 is 5.91 Å². The second-order valence-electron chi connectivity index (χ2n) is 4.55. The molecule has 1 aromatic rings. The van der Waals surface area contributed by atoms with Crippen LogP contribution >= 0.6 is 0 Å². The fraction of sp³-hybridized carbons (Fsp3) is 0.538. The number of nitrogens with zero attached hydrogens (tertiary/aromatic N) is 3. The van der Waals surface area contributed by atoms with Gasteiger partial charge in [0.15, 0.2) is 0 Å². The Morgan fingerprint density at radius 3 is 3.06 bits per heavy atom. The first-order valence-corrected chi connectivity index (χ1v) is 6.10. The quantitative estimate of drug-likeness (QED) is 0.806. The Labute approximate surface area is 107 Å². The van der Waals surface area contributed by atoms with Crippen LogP contribution in [0.15, 0.2) is 22.8 Å². The fourth-order valence-electron chi connectivity index (χ4n) is 2.25. The van der Waals surface area contributed by atoms with Crippen LogP contribution in [0, 0.1) is 11.3 Å². The van der Waals surface area contributed by atoms with Gasteiger partial charge >= 0.3 is 0 Å². The van der Waals surface area contributed by atoms with Crippen LogP contribution in [0.4, 0.5) is 0 Å². The van der Waals surface area contributed by atoms with Gasteiger partial charge in [-0.1, -0.05) is 0 Å². The maximum Gasteiger partial charge on any atom is 0.241 e. The van der Waals surface area contributed by atoms with Crippen LogP contribution in [0.1, 0.15) is 18.6 Å². The number of hydrogen-bond acceptors (Lipinski definition) is 4. The summed E-state index contributed by atoms with van der Waals surface area (Å²) < 4.78 is 5.27. The van der Waals surface area contributed by atoms with E-state index in [-0.39, 0.29) is 18.4 Å². The smallest absolute Gasteiger partial charge is 0.241 e. The molecule has 1 aliphatic rings. The average Bonchev–Trinajstić information content (AvgIpc) is 2.82. The topological polar surface area (TPSA) is 60.5 Å². The SMILES string of the molecule is CN1CCCN(Cc2ccco2)C(=O)C1CC#N. The van der Waals surface area contributed by atoms with Crippen LogP contribution in [0.3, 0.4) is 0 Å². The van der Waals surface area contributed by atoms with Crippen molar-refractivity contribution in [3.63, 3.8) is 0 Å². The Hall–Kier alpha value is -1.80. The van der Waals surface area contributed by atoms with Crippen LogP contribution in [-0.2, 0) is 11.3 Å². The normalized spacial score (nSPS) is 21.7. The van der Waals surface area contributed by atoms with Gasteiger partial charge in [-0.05, 0) is 25.6 Å². The minimum atomic E-state index is -0.326. The molecule has 5 heteroatoms. The lowest BCUT2D eigenvalue weighted by molar-refractivity contribution is -0.135. The number of nitriles is 1. The van der Waals surface area contributed by atoms with Crippen LogP contribution < -0.4 is 0 Å². The van der Waals surface area contributed by atoms with Gasteiger partial charge in [0.25, 0.3) is 0 Å². The number of furan rings is 1. The molecule has 0 spiro atoms. The van der Waals surface area contributed by atoms with Gasteiger partial charge < -0.3 is 9.32 Å². The summed E-state index contributed by atoms with van der Waals surface area (Å²) in [5, 5.41) is 8.82. The van der Waals surface area contributed by atoms with E-state index in [4.69, 9.17) is 9.68 Å². The van der Waals surface area contributed by atoms with Gasteiger partial charge in [-0.15, -0.1) is 0 Å². The summed E-state index contributed by atoms with van der Waals surface area (Å²) >= 11 is 0. The minimum absolute atomic E-state index is 0.0213. The highest BCUT2D eigenvalue weighted by molar-refractivity contribution is 5.82. The van der Waals surface area contributed by atoms with Crippen LogP contribution in [0.2, 0.25) is 0 Å². The molecule has 0 bridgehead atoms. The van der Waals surface area contributed by atoms with Crippen LogP contribution in [0.25, 0.3) is 0 Å². The predicted molar refractivity (Wildman–Crippen MR) is 65.4 cm³/mol. The molecule has 0 aromatic carbocycles. The van der Waals surface area contributed by atoms with E-state index in [1.807, 2.05) is 24.1 Å². The van der Waals surface area contributed by atoms with Gasteiger partial charge in [-0.3, -0.25) is 9.69 Å². The van der Waals surface area contributed by atoms with Gasteiger partial charge in [-0.25, -0.2) is 0 Å². The highest BCUT2D eigenvalue weighted by Gasteiger charge is 2.30. The Bertz CT molecular complexity index is 436. The zero-order valence-corrected chi connectivity index (χ0v) is 10.5. The van der Waals surface area contributed by atoms with Crippen LogP contribution in [0.5, 0.6) is 0 Å². The van der Waals surface area contributed by atoms with Crippen molar-refractivity contribution in [2.75, 3.05) is 20.1 Å². The van der Waals surface area contributed by atoms with Crippen molar-refractivity contribution in [2.45, 2.75) is 25.4 Å². The van der Waals surface area contributed by atoms with Crippen molar-refractivity contribution in [3.8, 4) is 6.07 Å². The van der Waals surface area contributed by atoms with Crippen molar-refractivity contribution in [2.24, 2.45) is 0 Å². The number of amides is 1. The molecule has 0 aliphatic carbocycles. The zero-order chi connectivity index (χ0) is 13.0. The average molecular weight is 247 g/mol. The maximum absolute atomic E-state index is 12.4. The number of carbonyl (C=O) groups excluding carboxylic acids is 1. The van der Waals surface area contributed by atoms with Gasteiger partial charge in [-0.2, -0.15) is 5.26 Å². The molecule has 1 amide bonds. The summed E-state index contributed by atoms with van der Waals surface area (Å²) in [5.74, 6) is 0.802. The van der Waals surface area contributed by atoms with E-state index in [1.165, 1.54) is 0 Å². The third-order valence-electron chi connectivity index (χ3n) is 3.28. The summed E-state index contributed by atoms with van der Waals surface area (Å²) in [6.07, 6.45) is 2.77. The van der Waals surface area contributed by atoms with E-state index in [2.05, 4.69) is 6.07 Å². The first-order chi connectivity index (χ1) is 8.72. The van der Waals surface area contributed by atoms with Gasteiger partial charge in [0, 0.05) is 13.1 Å². The number of hydrogen-bond donors (Lipinski definition) is 0. The highest BCUT2D eigenvalue weighted by atomic mass is 16.3. The molecule has 1 saturated heterocycles. The molecular weight excluding hydrogens is 230 g/mol. The van der Waals surface area contributed by atoms with Crippen molar-refractivity contribution in [3.05, 3.63) is 24.2 Å². The zero-order valence-electron chi connectivity index (χ0n) is 10.5. The molecule has 5 nitrogen and oxygen atoms in total. The third kappa shape index (κ3) is 2.71. The number of carbonyl (C=O) groups is 1. The lowest BCUT2D eigenvalue weighted by Gasteiger charge is -2.25. The second kappa shape index (κ2) is 5.69. The molecule has 1 aromatic heterocycles. The third-order valence-corrected chi connectivity index (χ3v) is 3.28. The van der Waals surface area contributed by atoms with Gasteiger partial charge in [0.1, 0.15) is 11.8 Å². The molecule has 1 aliphatic heterocycles. The van der Waals surface area contributed by atoms with E-state index in [0.29, 0.717) is 13.1 Å². The molecule has 1 unspecified atom stereocenters. The molecular formula is C13H17N3O2. The lowest BCUT2D eigenvalue weighted by Crippen LogP contribution is -2.43. The Kier molecular flexibility index (Phi) is 4.00. The Balaban J connectivity index is 2.10. The summed E-state index contributed by atoms with van der Waals surface area (Å²) in [6, 6.07) is 5.44. The van der Waals surface area contributed by atoms with Gasteiger partial charge in [0.2, 0.25) is 5.91 Å². The molecule has 2 rings (SSSR count). The minimum Gasteiger partial charge on any atom is -0.467 e. The first-order valence-electron chi connectivity index (χ1n) is 6.10. The molecule has 96 valence electrons.